The second kappa shape index (κ2) is 7.33. The highest BCUT2D eigenvalue weighted by molar-refractivity contribution is 5.76. The van der Waals surface area contributed by atoms with Gasteiger partial charge in [-0.1, -0.05) is 27.7 Å². The van der Waals surface area contributed by atoms with E-state index in [-0.39, 0.29) is 5.91 Å². The molecule has 1 atom stereocenters. The van der Waals surface area contributed by atoms with E-state index in [1.165, 1.54) is 0 Å². The number of rotatable bonds is 6. The Balaban J connectivity index is 3.67. The van der Waals surface area contributed by atoms with E-state index in [0.29, 0.717) is 24.3 Å². The first-order valence-electron chi connectivity index (χ1n) is 6.05. The molecule has 0 aliphatic heterocycles. The summed E-state index contributed by atoms with van der Waals surface area (Å²) in [4.78, 5) is 11.5. The van der Waals surface area contributed by atoms with Crippen molar-refractivity contribution in [3.8, 4) is 12.3 Å². The maximum atomic E-state index is 11.5. The summed E-state index contributed by atoms with van der Waals surface area (Å²) in [6.07, 6.45) is 8.43. The molecule has 0 heterocycles. The molecular weight excluding hydrogens is 198 g/mol. The Morgan fingerprint density at radius 2 is 2.06 bits per heavy atom. The molecule has 92 valence electrons. The van der Waals surface area contributed by atoms with Crippen LogP contribution in [0.2, 0.25) is 0 Å². The highest BCUT2D eigenvalue weighted by Crippen LogP contribution is 2.25. The first-order chi connectivity index (χ1) is 7.35. The summed E-state index contributed by atoms with van der Waals surface area (Å²) in [7, 11) is 0. The largest absolute Gasteiger partial charge is 0.356 e. The van der Waals surface area contributed by atoms with Crippen molar-refractivity contribution < 1.29 is 4.79 Å². The van der Waals surface area contributed by atoms with Gasteiger partial charge in [-0.2, -0.15) is 0 Å². The maximum Gasteiger partial charge on any atom is 0.220 e. The lowest BCUT2D eigenvalue weighted by atomic mass is 9.84. The van der Waals surface area contributed by atoms with Crippen LogP contribution in [0.5, 0.6) is 0 Å². The molecule has 0 aliphatic rings. The minimum Gasteiger partial charge on any atom is -0.356 e. The number of carbonyl (C=O) groups is 1. The lowest BCUT2D eigenvalue weighted by molar-refractivity contribution is -0.122. The third-order valence-corrected chi connectivity index (χ3v) is 2.31. The van der Waals surface area contributed by atoms with Crippen molar-refractivity contribution in [2.45, 2.75) is 53.4 Å². The Kier molecular flexibility index (Phi) is 6.88. The van der Waals surface area contributed by atoms with Crippen LogP contribution in [0.3, 0.4) is 0 Å². The fourth-order valence-corrected chi connectivity index (χ4v) is 1.92. The zero-order chi connectivity index (χ0) is 12.6. The number of unbranched alkanes of at least 4 members (excludes halogenated alkanes) is 1. The van der Waals surface area contributed by atoms with E-state index in [1.54, 1.807) is 0 Å². The molecule has 0 aromatic carbocycles. The van der Waals surface area contributed by atoms with Crippen LogP contribution in [0.25, 0.3) is 0 Å². The molecule has 2 nitrogen and oxygen atoms in total. The van der Waals surface area contributed by atoms with Crippen molar-refractivity contribution in [3.05, 3.63) is 0 Å². The van der Waals surface area contributed by atoms with E-state index in [0.717, 1.165) is 19.3 Å². The second-order valence-corrected chi connectivity index (χ2v) is 5.73. The molecular formula is C14H25NO. The van der Waals surface area contributed by atoms with Gasteiger partial charge < -0.3 is 5.32 Å². The lowest BCUT2D eigenvalue weighted by Crippen LogP contribution is -2.27. The van der Waals surface area contributed by atoms with Gasteiger partial charge in [0.1, 0.15) is 0 Å². The molecule has 0 rings (SSSR count). The van der Waals surface area contributed by atoms with Crippen LogP contribution in [0, 0.1) is 23.7 Å². The molecule has 2 heteroatoms. The van der Waals surface area contributed by atoms with Crippen LogP contribution < -0.4 is 5.32 Å². The Morgan fingerprint density at radius 1 is 1.44 bits per heavy atom. The summed E-state index contributed by atoms with van der Waals surface area (Å²) < 4.78 is 0. The predicted molar refractivity (Wildman–Crippen MR) is 68.9 cm³/mol. The molecule has 0 aliphatic carbocycles. The van der Waals surface area contributed by atoms with E-state index in [4.69, 9.17) is 6.42 Å². The number of hydrogen-bond acceptors (Lipinski definition) is 1. The van der Waals surface area contributed by atoms with Gasteiger partial charge in [0.05, 0.1) is 0 Å². The van der Waals surface area contributed by atoms with Gasteiger partial charge in [0.2, 0.25) is 5.91 Å². The van der Waals surface area contributed by atoms with Crippen molar-refractivity contribution >= 4 is 5.91 Å². The number of nitrogens with one attached hydrogen (secondary N) is 1. The summed E-state index contributed by atoms with van der Waals surface area (Å²) in [5.74, 6) is 3.15. The smallest absolute Gasteiger partial charge is 0.220 e. The van der Waals surface area contributed by atoms with E-state index in [2.05, 4.69) is 38.9 Å². The standard InChI is InChI=1S/C14H25NO/c1-6-7-8-9-15-13(16)10-12(2)11-14(3,4)5/h1,12H,7-11H2,2-5H3,(H,15,16). The van der Waals surface area contributed by atoms with E-state index < -0.39 is 0 Å². The van der Waals surface area contributed by atoms with Crippen LogP contribution in [-0.4, -0.2) is 12.5 Å². The molecule has 1 unspecified atom stereocenters. The molecule has 0 spiro atoms. The first-order valence-corrected chi connectivity index (χ1v) is 6.05. The third-order valence-electron chi connectivity index (χ3n) is 2.31. The summed E-state index contributed by atoms with van der Waals surface area (Å²) in [6, 6.07) is 0. The van der Waals surface area contributed by atoms with Gasteiger partial charge in [-0.25, -0.2) is 0 Å². The molecule has 0 saturated heterocycles. The average Bonchev–Trinajstić information content (AvgIpc) is 2.09. The number of amides is 1. The molecule has 0 bridgehead atoms. The zero-order valence-corrected chi connectivity index (χ0v) is 11.1. The molecule has 1 amide bonds. The van der Waals surface area contributed by atoms with Gasteiger partial charge in [0.15, 0.2) is 0 Å². The Labute approximate surface area is 100 Å². The minimum atomic E-state index is 0.147. The van der Waals surface area contributed by atoms with Gasteiger partial charge >= 0.3 is 0 Å². The van der Waals surface area contributed by atoms with Crippen molar-refractivity contribution in [2.24, 2.45) is 11.3 Å². The van der Waals surface area contributed by atoms with Crippen LogP contribution in [-0.2, 0) is 4.79 Å². The van der Waals surface area contributed by atoms with Crippen LogP contribution in [0.1, 0.15) is 53.4 Å². The highest BCUT2D eigenvalue weighted by atomic mass is 16.1. The topological polar surface area (TPSA) is 29.1 Å². The van der Waals surface area contributed by atoms with Gasteiger partial charge in [-0.05, 0) is 24.2 Å². The van der Waals surface area contributed by atoms with Crippen LogP contribution >= 0.6 is 0 Å². The Morgan fingerprint density at radius 3 is 2.56 bits per heavy atom. The number of terminal acetylenes is 1. The number of carbonyl (C=O) groups excluding carboxylic acids is 1. The fourth-order valence-electron chi connectivity index (χ4n) is 1.92. The van der Waals surface area contributed by atoms with Crippen molar-refractivity contribution in [2.75, 3.05) is 6.54 Å². The Bertz CT molecular complexity index is 244. The van der Waals surface area contributed by atoms with E-state index in [9.17, 15) is 4.79 Å². The summed E-state index contributed by atoms with van der Waals surface area (Å²) >= 11 is 0. The Hall–Kier alpha value is -0.970. The summed E-state index contributed by atoms with van der Waals surface area (Å²) in [6.45, 7) is 9.44. The zero-order valence-electron chi connectivity index (χ0n) is 11.1. The molecule has 1 N–H and O–H groups in total. The summed E-state index contributed by atoms with van der Waals surface area (Å²) in [5.41, 5.74) is 0.295. The highest BCUT2D eigenvalue weighted by Gasteiger charge is 2.17. The first kappa shape index (κ1) is 15.0. The summed E-state index contributed by atoms with van der Waals surface area (Å²) in [5, 5.41) is 2.90. The quantitative estimate of drug-likeness (QED) is 0.544. The second-order valence-electron chi connectivity index (χ2n) is 5.73. The molecule has 0 saturated carbocycles. The monoisotopic (exact) mass is 223 g/mol. The minimum absolute atomic E-state index is 0.147. The molecule has 0 fully saturated rings. The predicted octanol–water partition coefficient (Wildman–Crippen LogP) is 2.98. The normalized spacial score (nSPS) is 12.9. The van der Waals surface area contributed by atoms with Crippen molar-refractivity contribution in [1.82, 2.24) is 5.32 Å². The molecule has 16 heavy (non-hydrogen) atoms. The van der Waals surface area contributed by atoms with E-state index >= 15 is 0 Å². The van der Waals surface area contributed by atoms with Crippen molar-refractivity contribution in [3.63, 3.8) is 0 Å². The molecule has 0 radical (unpaired) electrons. The van der Waals surface area contributed by atoms with E-state index in [1.807, 2.05) is 0 Å². The number of hydrogen-bond donors (Lipinski definition) is 1. The van der Waals surface area contributed by atoms with Crippen LogP contribution in [0.4, 0.5) is 0 Å². The average molecular weight is 223 g/mol. The lowest BCUT2D eigenvalue weighted by Gasteiger charge is -2.22. The molecule has 0 aromatic rings. The van der Waals surface area contributed by atoms with Crippen molar-refractivity contribution in [1.29, 1.82) is 0 Å². The molecule has 0 aromatic heterocycles. The third kappa shape index (κ3) is 9.58. The fraction of sp³-hybridized carbons (Fsp3) is 0.786. The SMILES string of the molecule is C#CCCCNC(=O)CC(C)CC(C)(C)C. The van der Waals surface area contributed by atoms with Crippen LogP contribution in [0.15, 0.2) is 0 Å². The van der Waals surface area contributed by atoms with Gasteiger partial charge in [-0.15, -0.1) is 12.3 Å². The van der Waals surface area contributed by atoms with Gasteiger partial charge in [0.25, 0.3) is 0 Å². The van der Waals surface area contributed by atoms with Gasteiger partial charge in [-0.3, -0.25) is 4.79 Å². The van der Waals surface area contributed by atoms with Gasteiger partial charge in [0, 0.05) is 19.4 Å². The maximum absolute atomic E-state index is 11.5.